The smallest absolute Gasteiger partial charge is 0.334 e. The highest BCUT2D eigenvalue weighted by Crippen LogP contribution is 2.37. The van der Waals surface area contributed by atoms with E-state index in [0.717, 1.165) is 12.5 Å². The van der Waals surface area contributed by atoms with Gasteiger partial charge >= 0.3 is 6.18 Å². The number of H-pyrrole nitrogens is 1. The van der Waals surface area contributed by atoms with Crippen molar-refractivity contribution >= 4 is 15.9 Å². The van der Waals surface area contributed by atoms with E-state index in [4.69, 9.17) is 0 Å². The van der Waals surface area contributed by atoms with E-state index in [1.165, 1.54) is 24.3 Å². The predicted octanol–water partition coefficient (Wildman–Crippen LogP) is 1.95. The van der Waals surface area contributed by atoms with Gasteiger partial charge in [-0.3, -0.25) is 4.79 Å². The van der Waals surface area contributed by atoms with E-state index in [9.17, 15) is 26.4 Å². The number of nitrogens with one attached hydrogen (secondary N) is 2. The van der Waals surface area contributed by atoms with Crippen LogP contribution in [0.3, 0.4) is 0 Å². The molecule has 1 unspecified atom stereocenters. The van der Waals surface area contributed by atoms with Gasteiger partial charge in [-0.2, -0.15) is 21.6 Å². The van der Waals surface area contributed by atoms with Crippen LogP contribution in [0.15, 0.2) is 47.9 Å². The summed E-state index contributed by atoms with van der Waals surface area (Å²) in [4.78, 5) is 17.5. The maximum absolute atomic E-state index is 13.1. The molecule has 0 saturated carbocycles. The van der Waals surface area contributed by atoms with E-state index < -0.39 is 39.5 Å². The number of benzene rings is 1. The van der Waals surface area contributed by atoms with Crippen molar-refractivity contribution in [1.82, 2.24) is 14.7 Å². The number of hydrogen-bond donors (Lipinski definition) is 2. The van der Waals surface area contributed by atoms with Gasteiger partial charge in [-0.25, -0.2) is 9.71 Å². The molecule has 1 amide bonds. The zero-order valence-corrected chi connectivity index (χ0v) is 12.4. The summed E-state index contributed by atoms with van der Waals surface area (Å²) in [5.74, 6) is -3.36. The number of aromatic nitrogens is 2. The van der Waals surface area contributed by atoms with Crippen molar-refractivity contribution in [3.05, 3.63) is 48.4 Å². The molecule has 23 heavy (non-hydrogen) atoms. The van der Waals surface area contributed by atoms with Crippen LogP contribution in [0.25, 0.3) is 0 Å². The summed E-state index contributed by atoms with van der Waals surface area (Å²) >= 11 is 0. The lowest BCUT2D eigenvalue weighted by Gasteiger charge is -2.20. The normalized spacial score (nSPS) is 13.5. The standard InChI is InChI=1S/C13H12F3N3O3S/c14-13(15,16)10(9-4-2-1-3-5-9)6-11(20)19-23(21,22)12-7-17-8-18-12/h1-5,7-8,10H,6H2,(H,17,18)(H,19,20). The van der Waals surface area contributed by atoms with Gasteiger partial charge in [0.05, 0.1) is 18.4 Å². The second-order valence-electron chi connectivity index (χ2n) is 4.65. The summed E-state index contributed by atoms with van der Waals surface area (Å²) in [6, 6.07) is 6.82. The third-order valence-corrected chi connectivity index (χ3v) is 4.30. The molecule has 6 nitrogen and oxygen atoms in total. The molecule has 1 atom stereocenters. The fourth-order valence-electron chi connectivity index (χ4n) is 1.93. The summed E-state index contributed by atoms with van der Waals surface area (Å²) in [6.07, 6.45) is -3.72. The number of carbonyl (C=O) groups excluding carboxylic acids is 1. The monoisotopic (exact) mass is 347 g/mol. The quantitative estimate of drug-likeness (QED) is 0.865. The van der Waals surface area contributed by atoms with Gasteiger partial charge in [0.15, 0.2) is 5.03 Å². The van der Waals surface area contributed by atoms with Gasteiger partial charge in [0.2, 0.25) is 5.91 Å². The zero-order valence-electron chi connectivity index (χ0n) is 11.5. The molecule has 0 aliphatic heterocycles. The number of amides is 1. The molecule has 0 aliphatic carbocycles. The van der Waals surface area contributed by atoms with Crippen molar-refractivity contribution in [2.75, 3.05) is 0 Å². The highest BCUT2D eigenvalue weighted by atomic mass is 32.2. The number of alkyl halides is 3. The molecular formula is C13H12F3N3O3S. The molecule has 124 valence electrons. The molecule has 10 heteroatoms. The third-order valence-electron chi connectivity index (χ3n) is 3.00. The molecule has 1 aromatic carbocycles. The number of halogens is 3. The van der Waals surface area contributed by atoms with Crippen LogP contribution in [0, 0.1) is 0 Å². The highest BCUT2D eigenvalue weighted by molar-refractivity contribution is 7.90. The molecule has 1 aromatic heterocycles. The summed E-state index contributed by atoms with van der Waals surface area (Å²) in [5, 5.41) is -0.408. The molecule has 0 bridgehead atoms. The van der Waals surface area contributed by atoms with Crippen LogP contribution < -0.4 is 4.72 Å². The lowest BCUT2D eigenvalue weighted by Crippen LogP contribution is -2.34. The first-order chi connectivity index (χ1) is 10.7. The van der Waals surface area contributed by atoms with E-state index in [1.807, 2.05) is 0 Å². The zero-order chi connectivity index (χ0) is 17.1. The number of rotatable bonds is 5. The second-order valence-corrected chi connectivity index (χ2v) is 6.30. The Bertz CT molecular complexity index is 759. The minimum absolute atomic E-state index is 0.117. The van der Waals surface area contributed by atoms with Crippen LogP contribution in [0.4, 0.5) is 13.2 Å². The first-order valence-corrected chi connectivity index (χ1v) is 7.84. The van der Waals surface area contributed by atoms with Gasteiger partial charge in [0, 0.05) is 6.42 Å². The Morgan fingerprint density at radius 1 is 1.26 bits per heavy atom. The molecule has 0 aliphatic rings. The van der Waals surface area contributed by atoms with Gasteiger partial charge in [-0.15, -0.1) is 0 Å². The topological polar surface area (TPSA) is 91.9 Å². The molecule has 0 spiro atoms. The Morgan fingerprint density at radius 3 is 2.43 bits per heavy atom. The molecule has 0 radical (unpaired) electrons. The molecule has 2 N–H and O–H groups in total. The van der Waals surface area contributed by atoms with Crippen LogP contribution in [0.2, 0.25) is 0 Å². The first kappa shape index (κ1) is 17.0. The van der Waals surface area contributed by atoms with E-state index >= 15 is 0 Å². The second kappa shape index (κ2) is 6.41. The van der Waals surface area contributed by atoms with Crippen molar-refractivity contribution in [2.24, 2.45) is 0 Å². The summed E-state index contributed by atoms with van der Waals surface area (Å²) in [6.45, 7) is 0. The molecule has 2 rings (SSSR count). The van der Waals surface area contributed by atoms with Crippen molar-refractivity contribution < 1.29 is 26.4 Å². The lowest BCUT2D eigenvalue weighted by atomic mass is 9.95. The average molecular weight is 347 g/mol. The van der Waals surface area contributed by atoms with Crippen molar-refractivity contribution in [3.63, 3.8) is 0 Å². The lowest BCUT2D eigenvalue weighted by molar-refractivity contribution is -0.156. The number of aromatic amines is 1. The van der Waals surface area contributed by atoms with Gasteiger partial charge in [-0.1, -0.05) is 30.3 Å². The SMILES string of the molecule is O=C(CC(c1ccccc1)C(F)(F)F)NS(=O)(=O)c1cnc[nH]1. The Morgan fingerprint density at radius 2 is 1.91 bits per heavy atom. The first-order valence-electron chi connectivity index (χ1n) is 6.36. The fraction of sp³-hybridized carbons (Fsp3) is 0.231. The number of carbonyl (C=O) groups is 1. The predicted molar refractivity (Wildman–Crippen MR) is 73.8 cm³/mol. The summed E-state index contributed by atoms with van der Waals surface area (Å²) in [5.41, 5.74) is -0.117. The molecule has 1 heterocycles. The maximum atomic E-state index is 13.1. The van der Waals surface area contributed by atoms with E-state index in [2.05, 4.69) is 9.97 Å². The third kappa shape index (κ3) is 4.31. The Kier molecular flexibility index (Phi) is 4.73. The maximum Gasteiger partial charge on any atom is 0.396 e. The van der Waals surface area contributed by atoms with Crippen molar-refractivity contribution in [2.45, 2.75) is 23.5 Å². The molecule has 0 saturated heterocycles. The van der Waals surface area contributed by atoms with Crippen molar-refractivity contribution in [1.29, 1.82) is 0 Å². The Labute approximate surface area is 129 Å². The van der Waals surface area contributed by atoms with E-state index in [1.54, 1.807) is 10.8 Å². The molecule has 0 fully saturated rings. The summed E-state index contributed by atoms with van der Waals surface area (Å²) in [7, 11) is -4.27. The minimum Gasteiger partial charge on any atom is -0.334 e. The number of imidazole rings is 1. The van der Waals surface area contributed by atoms with E-state index in [-0.39, 0.29) is 5.56 Å². The number of hydrogen-bond acceptors (Lipinski definition) is 4. The largest absolute Gasteiger partial charge is 0.396 e. The highest BCUT2D eigenvalue weighted by Gasteiger charge is 2.42. The number of nitrogens with zero attached hydrogens (tertiary/aromatic N) is 1. The minimum atomic E-state index is -4.68. The molecule has 2 aromatic rings. The van der Waals surface area contributed by atoms with Crippen LogP contribution in [0.1, 0.15) is 17.9 Å². The van der Waals surface area contributed by atoms with Crippen molar-refractivity contribution in [3.8, 4) is 0 Å². The van der Waals surface area contributed by atoms with Gasteiger partial charge in [-0.05, 0) is 5.56 Å². The average Bonchev–Trinajstić information content (AvgIpc) is 2.99. The van der Waals surface area contributed by atoms with Crippen LogP contribution in [-0.2, 0) is 14.8 Å². The van der Waals surface area contributed by atoms with Crippen LogP contribution in [0.5, 0.6) is 0 Å². The van der Waals surface area contributed by atoms with Gasteiger partial charge in [0.1, 0.15) is 0 Å². The Balaban J connectivity index is 2.16. The molecular weight excluding hydrogens is 335 g/mol. The Hall–Kier alpha value is -2.36. The van der Waals surface area contributed by atoms with Crippen LogP contribution in [-0.4, -0.2) is 30.5 Å². The fourth-order valence-corrected chi connectivity index (χ4v) is 2.83. The van der Waals surface area contributed by atoms with Gasteiger partial charge < -0.3 is 4.98 Å². The summed E-state index contributed by atoms with van der Waals surface area (Å²) < 4.78 is 64.5. The van der Waals surface area contributed by atoms with E-state index in [0.29, 0.717) is 0 Å². The van der Waals surface area contributed by atoms with Gasteiger partial charge in [0.25, 0.3) is 10.0 Å². The number of sulfonamides is 1. The van der Waals surface area contributed by atoms with Crippen LogP contribution >= 0.6 is 0 Å².